The van der Waals surface area contributed by atoms with Gasteiger partial charge in [0.25, 0.3) is 0 Å². The molecular weight excluding hydrogens is 264 g/mol. The van der Waals surface area contributed by atoms with E-state index in [9.17, 15) is 4.79 Å². The molecule has 0 fully saturated rings. The highest BCUT2D eigenvalue weighted by Gasteiger charge is 2.21. The second-order valence-corrected chi connectivity index (χ2v) is 5.55. The van der Waals surface area contributed by atoms with E-state index in [1.54, 1.807) is 39.0 Å². The summed E-state index contributed by atoms with van der Waals surface area (Å²) in [5.41, 5.74) is 0.323. The minimum Gasteiger partial charge on any atom is -0.443 e. The Balaban J connectivity index is 2.60. The number of halogens is 1. The van der Waals surface area contributed by atoms with Crippen molar-refractivity contribution in [1.82, 2.24) is 4.57 Å². The third-order valence-corrected chi connectivity index (χ3v) is 2.80. The van der Waals surface area contributed by atoms with E-state index in [0.29, 0.717) is 21.5 Å². The molecule has 0 saturated heterocycles. The Morgan fingerprint density at radius 1 is 1.42 bits per heavy atom. The highest BCUT2D eigenvalue weighted by molar-refractivity contribution is 6.36. The Kier molecular flexibility index (Phi) is 3.25. The van der Waals surface area contributed by atoms with Crippen molar-refractivity contribution in [3.05, 3.63) is 35.0 Å². The van der Waals surface area contributed by atoms with Crippen molar-refractivity contribution in [1.29, 1.82) is 5.26 Å². The number of nitrogens with zero attached hydrogens (tertiary/aromatic N) is 2. The SMILES string of the molecule is CC(C)(C)OC(=O)n1cc(C#N)c2c(Cl)cccc21. The maximum atomic E-state index is 12.1. The lowest BCUT2D eigenvalue weighted by Gasteiger charge is -2.19. The zero-order chi connectivity index (χ0) is 14.2. The number of aromatic nitrogens is 1. The quantitative estimate of drug-likeness (QED) is 0.732. The van der Waals surface area contributed by atoms with E-state index in [-0.39, 0.29) is 0 Å². The second-order valence-electron chi connectivity index (χ2n) is 5.14. The molecule has 2 aromatic rings. The van der Waals surface area contributed by atoms with E-state index in [2.05, 4.69) is 0 Å². The van der Waals surface area contributed by atoms with Crippen LogP contribution in [0.5, 0.6) is 0 Å². The van der Waals surface area contributed by atoms with E-state index in [0.717, 1.165) is 0 Å². The summed E-state index contributed by atoms with van der Waals surface area (Å²) in [5, 5.41) is 10.1. The number of carbonyl (C=O) groups is 1. The average molecular weight is 277 g/mol. The first-order valence-electron chi connectivity index (χ1n) is 5.76. The van der Waals surface area contributed by atoms with Crippen LogP contribution in [0.15, 0.2) is 24.4 Å². The summed E-state index contributed by atoms with van der Waals surface area (Å²) in [7, 11) is 0. The van der Waals surface area contributed by atoms with Gasteiger partial charge >= 0.3 is 6.09 Å². The van der Waals surface area contributed by atoms with E-state index >= 15 is 0 Å². The van der Waals surface area contributed by atoms with Crippen molar-refractivity contribution in [2.45, 2.75) is 26.4 Å². The fraction of sp³-hybridized carbons (Fsp3) is 0.286. The lowest BCUT2D eigenvalue weighted by Crippen LogP contribution is -2.26. The van der Waals surface area contributed by atoms with Gasteiger partial charge in [0, 0.05) is 11.6 Å². The highest BCUT2D eigenvalue weighted by Crippen LogP contribution is 2.28. The van der Waals surface area contributed by atoms with Gasteiger partial charge in [0.15, 0.2) is 0 Å². The first-order valence-corrected chi connectivity index (χ1v) is 6.14. The van der Waals surface area contributed by atoms with Crippen LogP contribution < -0.4 is 0 Å². The van der Waals surface area contributed by atoms with Crippen molar-refractivity contribution in [3.63, 3.8) is 0 Å². The standard InChI is InChI=1S/C14H13ClN2O2/c1-14(2,3)19-13(18)17-8-9(7-16)12-10(15)5-4-6-11(12)17/h4-6,8H,1-3H3. The van der Waals surface area contributed by atoms with Gasteiger partial charge in [0.2, 0.25) is 0 Å². The summed E-state index contributed by atoms with van der Waals surface area (Å²) >= 11 is 6.08. The lowest BCUT2D eigenvalue weighted by atomic mass is 10.2. The largest absolute Gasteiger partial charge is 0.443 e. The molecule has 1 aromatic carbocycles. The number of hydrogen-bond donors (Lipinski definition) is 0. The monoisotopic (exact) mass is 276 g/mol. The molecule has 0 amide bonds. The van der Waals surface area contributed by atoms with Gasteiger partial charge in [0.1, 0.15) is 11.7 Å². The van der Waals surface area contributed by atoms with Gasteiger partial charge in [-0.3, -0.25) is 4.57 Å². The molecular formula is C14H13ClN2O2. The fourth-order valence-corrected chi connectivity index (χ4v) is 2.06. The Bertz CT molecular complexity index is 690. The fourth-order valence-electron chi connectivity index (χ4n) is 1.79. The summed E-state index contributed by atoms with van der Waals surface area (Å²) in [6.07, 6.45) is 0.922. The predicted molar refractivity (Wildman–Crippen MR) is 73.3 cm³/mol. The molecule has 0 atom stereocenters. The van der Waals surface area contributed by atoms with Crippen LogP contribution in [-0.4, -0.2) is 16.3 Å². The van der Waals surface area contributed by atoms with Crippen molar-refractivity contribution in [3.8, 4) is 6.07 Å². The summed E-state index contributed by atoms with van der Waals surface area (Å²) < 4.78 is 6.61. The molecule has 2 rings (SSSR count). The first-order chi connectivity index (χ1) is 8.83. The normalized spacial score (nSPS) is 11.3. The van der Waals surface area contributed by atoms with E-state index in [1.807, 2.05) is 6.07 Å². The van der Waals surface area contributed by atoms with Crippen LogP contribution >= 0.6 is 11.6 Å². The van der Waals surface area contributed by atoms with Crippen LogP contribution in [0.1, 0.15) is 26.3 Å². The summed E-state index contributed by atoms with van der Waals surface area (Å²) in [5.74, 6) is 0. The Morgan fingerprint density at radius 3 is 2.68 bits per heavy atom. The molecule has 0 aliphatic heterocycles. The summed E-state index contributed by atoms with van der Waals surface area (Å²) in [6.45, 7) is 5.36. The van der Waals surface area contributed by atoms with Crippen LogP contribution in [-0.2, 0) is 4.74 Å². The van der Waals surface area contributed by atoms with Gasteiger partial charge in [-0.25, -0.2) is 4.79 Å². The van der Waals surface area contributed by atoms with Crippen LogP contribution in [0.25, 0.3) is 10.9 Å². The van der Waals surface area contributed by atoms with Gasteiger partial charge in [-0.1, -0.05) is 17.7 Å². The summed E-state index contributed by atoms with van der Waals surface area (Å²) in [4.78, 5) is 12.1. The van der Waals surface area contributed by atoms with Crippen molar-refractivity contribution >= 4 is 28.6 Å². The van der Waals surface area contributed by atoms with Crippen LogP contribution in [0.3, 0.4) is 0 Å². The van der Waals surface area contributed by atoms with Gasteiger partial charge in [-0.2, -0.15) is 5.26 Å². The van der Waals surface area contributed by atoms with Crippen LogP contribution in [0.4, 0.5) is 4.79 Å². The molecule has 0 N–H and O–H groups in total. The number of benzene rings is 1. The third kappa shape index (κ3) is 2.56. The number of rotatable bonds is 0. The Hall–Kier alpha value is -1.99. The number of nitriles is 1. The molecule has 98 valence electrons. The van der Waals surface area contributed by atoms with Crippen molar-refractivity contribution < 1.29 is 9.53 Å². The molecule has 0 spiro atoms. The molecule has 0 unspecified atom stereocenters. The summed E-state index contributed by atoms with van der Waals surface area (Å²) in [6, 6.07) is 7.18. The minimum atomic E-state index is -0.598. The molecule has 0 aliphatic rings. The van der Waals surface area contributed by atoms with Gasteiger partial charge in [0.05, 0.1) is 16.1 Å². The van der Waals surface area contributed by atoms with Crippen LogP contribution in [0, 0.1) is 11.3 Å². The minimum absolute atomic E-state index is 0.353. The van der Waals surface area contributed by atoms with E-state index in [1.165, 1.54) is 10.8 Å². The predicted octanol–water partition coefficient (Wildman–Crippen LogP) is 3.95. The second kappa shape index (κ2) is 4.60. The number of fused-ring (bicyclic) bond motifs is 1. The molecule has 0 radical (unpaired) electrons. The Morgan fingerprint density at radius 2 is 2.11 bits per heavy atom. The first kappa shape index (κ1) is 13.4. The smallest absolute Gasteiger partial charge is 0.419 e. The highest BCUT2D eigenvalue weighted by atomic mass is 35.5. The molecule has 0 bridgehead atoms. The van der Waals surface area contributed by atoms with Crippen molar-refractivity contribution in [2.75, 3.05) is 0 Å². The molecule has 0 saturated carbocycles. The molecule has 4 nitrogen and oxygen atoms in total. The number of ether oxygens (including phenoxy) is 1. The Labute approximate surface area is 116 Å². The zero-order valence-corrected chi connectivity index (χ0v) is 11.7. The van der Waals surface area contributed by atoms with Crippen molar-refractivity contribution in [2.24, 2.45) is 0 Å². The maximum Gasteiger partial charge on any atom is 0.419 e. The lowest BCUT2D eigenvalue weighted by molar-refractivity contribution is 0.0544. The molecule has 1 heterocycles. The third-order valence-electron chi connectivity index (χ3n) is 2.49. The van der Waals surface area contributed by atoms with E-state index in [4.69, 9.17) is 21.6 Å². The molecule has 5 heteroatoms. The van der Waals surface area contributed by atoms with E-state index < -0.39 is 11.7 Å². The zero-order valence-electron chi connectivity index (χ0n) is 10.9. The average Bonchev–Trinajstić information content (AvgIpc) is 2.67. The van der Waals surface area contributed by atoms with Gasteiger partial charge < -0.3 is 4.74 Å². The maximum absolute atomic E-state index is 12.1. The molecule has 0 aliphatic carbocycles. The topological polar surface area (TPSA) is 55.0 Å². The van der Waals surface area contributed by atoms with Crippen LogP contribution in [0.2, 0.25) is 5.02 Å². The van der Waals surface area contributed by atoms with Gasteiger partial charge in [-0.15, -0.1) is 0 Å². The molecule has 19 heavy (non-hydrogen) atoms. The number of hydrogen-bond acceptors (Lipinski definition) is 3. The molecule has 1 aromatic heterocycles. The number of carbonyl (C=O) groups excluding carboxylic acids is 1. The van der Waals surface area contributed by atoms with Gasteiger partial charge in [-0.05, 0) is 32.9 Å².